The lowest BCUT2D eigenvalue weighted by molar-refractivity contribution is -0.140. The third-order valence-corrected chi connectivity index (χ3v) is 7.74. The minimum Gasteiger partial charge on any atom is -0.507 e. The Kier molecular flexibility index (Phi) is 9.69. The van der Waals surface area contributed by atoms with Crippen LogP contribution in [0.25, 0.3) is 5.76 Å². The van der Waals surface area contributed by atoms with Gasteiger partial charge in [-0.25, -0.2) is 0 Å². The van der Waals surface area contributed by atoms with Gasteiger partial charge in [0.25, 0.3) is 11.7 Å². The van der Waals surface area contributed by atoms with Gasteiger partial charge in [-0.1, -0.05) is 50.1 Å². The zero-order valence-electron chi connectivity index (χ0n) is 25.2. The Hall–Kier alpha value is -4.98. The summed E-state index contributed by atoms with van der Waals surface area (Å²) in [5, 5.41) is 11.5. The molecule has 5 rings (SSSR count). The van der Waals surface area contributed by atoms with Crippen LogP contribution in [0.4, 0.5) is 0 Å². The van der Waals surface area contributed by atoms with Crippen molar-refractivity contribution in [2.75, 3.05) is 13.7 Å². The molecule has 3 aromatic carbocycles. The van der Waals surface area contributed by atoms with E-state index in [1.165, 1.54) is 11.2 Å². The lowest BCUT2D eigenvalue weighted by Gasteiger charge is -2.25. The minimum atomic E-state index is -0.889. The number of amides is 1. The molecule has 1 aromatic heterocycles. The van der Waals surface area contributed by atoms with Gasteiger partial charge in [-0.3, -0.25) is 9.59 Å². The van der Waals surface area contributed by atoms with E-state index >= 15 is 0 Å². The first-order valence-corrected chi connectivity index (χ1v) is 14.8. The predicted octanol–water partition coefficient (Wildman–Crippen LogP) is 7.37. The molecule has 1 aliphatic heterocycles. The van der Waals surface area contributed by atoms with Gasteiger partial charge < -0.3 is 28.6 Å². The van der Waals surface area contributed by atoms with Gasteiger partial charge in [-0.2, -0.15) is 0 Å². The van der Waals surface area contributed by atoms with Crippen LogP contribution in [-0.4, -0.2) is 35.4 Å². The highest BCUT2D eigenvalue weighted by atomic mass is 16.5. The molecule has 8 heteroatoms. The van der Waals surface area contributed by atoms with Crippen LogP contribution in [0.15, 0.2) is 95.1 Å². The van der Waals surface area contributed by atoms with Gasteiger partial charge >= 0.3 is 0 Å². The van der Waals surface area contributed by atoms with E-state index in [4.69, 9.17) is 18.6 Å². The molecule has 4 aromatic rings. The molecular formula is C36H37NO7. The quantitative estimate of drug-likeness (QED) is 0.0746. The van der Waals surface area contributed by atoms with E-state index in [-0.39, 0.29) is 17.9 Å². The summed E-state index contributed by atoms with van der Waals surface area (Å²) >= 11 is 0. The number of hydrogen-bond acceptors (Lipinski definition) is 7. The number of furan rings is 1. The maximum Gasteiger partial charge on any atom is 0.296 e. The molecular weight excluding hydrogens is 558 g/mol. The second-order valence-electron chi connectivity index (χ2n) is 10.7. The van der Waals surface area contributed by atoms with Gasteiger partial charge in [0.15, 0.2) is 11.5 Å². The zero-order valence-corrected chi connectivity index (χ0v) is 25.2. The van der Waals surface area contributed by atoms with Gasteiger partial charge in [0.2, 0.25) is 0 Å². The number of ketones is 1. The molecule has 1 N–H and O–H groups in total. The van der Waals surface area contributed by atoms with Crippen molar-refractivity contribution in [3.05, 3.63) is 119 Å². The molecule has 1 fully saturated rings. The number of unbranched alkanes of at least 4 members (excludes halogenated alkanes) is 2. The summed E-state index contributed by atoms with van der Waals surface area (Å²) < 4.78 is 23.0. The molecule has 0 aliphatic carbocycles. The van der Waals surface area contributed by atoms with E-state index in [1.807, 2.05) is 31.2 Å². The lowest BCUT2D eigenvalue weighted by Crippen LogP contribution is -2.29. The highest BCUT2D eigenvalue weighted by Gasteiger charge is 2.46. The average molecular weight is 596 g/mol. The second kappa shape index (κ2) is 14.0. The van der Waals surface area contributed by atoms with Gasteiger partial charge in [-0.15, -0.1) is 0 Å². The number of aliphatic hydroxyl groups is 1. The van der Waals surface area contributed by atoms with E-state index in [0.29, 0.717) is 47.3 Å². The summed E-state index contributed by atoms with van der Waals surface area (Å²) in [6.07, 6.45) is 4.57. The summed E-state index contributed by atoms with van der Waals surface area (Å²) in [6.45, 7) is 5.15. The molecule has 2 heterocycles. The van der Waals surface area contributed by atoms with Gasteiger partial charge in [0, 0.05) is 5.56 Å². The number of Topliss-reactive ketones (excluding diaryl/α,β-unsaturated/α-hetero) is 1. The van der Waals surface area contributed by atoms with Gasteiger partial charge in [0.05, 0.1) is 38.1 Å². The molecule has 1 unspecified atom stereocenters. The molecule has 1 amide bonds. The Balaban J connectivity index is 1.47. The Morgan fingerprint density at radius 2 is 1.73 bits per heavy atom. The van der Waals surface area contributed by atoms with Crippen LogP contribution in [-0.2, 0) is 22.7 Å². The van der Waals surface area contributed by atoms with Crippen molar-refractivity contribution in [3.8, 4) is 17.2 Å². The fourth-order valence-electron chi connectivity index (χ4n) is 5.27. The van der Waals surface area contributed by atoms with E-state index in [0.717, 1.165) is 30.4 Å². The Morgan fingerprint density at radius 1 is 0.932 bits per heavy atom. The normalized spacial score (nSPS) is 15.9. The van der Waals surface area contributed by atoms with E-state index in [1.54, 1.807) is 61.7 Å². The van der Waals surface area contributed by atoms with Crippen LogP contribution in [0.2, 0.25) is 0 Å². The largest absolute Gasteiger partial charge is 0.507 e. The van der Waals surface area contributed by atoms with Gasteiger partial charge in [-0.05, 0) is 78.6 Å². The maximum atomic E-state index is 13.5. The molecule has 1 aliphatic rings. The van der Waals surface area contributed by atoms with Crippen LogP contribution >= 0.6 is 0 Å². The first-order valence-electron chi connectivity index (χ1n) is 14.8. The average Bonchev–Trinajstić information content (AvgIpc) is 3.65. The van der Waals surface area contributed by atoms with E-state index in [2.05, 4.69) is 6.92 Å². The SMILES string of the molecule is CCCCCOc1ccc(C2C(=C(O)c3ccc(OCc4ccccc4C)cc3)C(=O)C(=O)N2Cc2ccco2)cc1OC. The molecule has 228 valence electrons. The Bertz CT molecular complexity index is 1620. The first-order chi connectivity index (χ1) is 21.4. The number of benzene rings is 3. The fraction of sp³-hybridized carbons (Fsp3) is 0.278. The van der Waals surface area contributed by atoms with Crippen LogP contribution in [0.5, 0.6) is 17.2 Å². The first kappa shape index (κ1) is 30.5. The summed E-state index contributed by atoms with van der Waals surface area (Å²) in [5.41, 5.74) is 3.16. The van der Waals surface area contributed by atoms with E-state index in [9.17, 15) is 14.7 Å². The van der Waals surface area contributed by atoms with Crippen molar-refractivity contribution in [1.82, 2.24) is 4.90 Å². The number of carbonyl (C=O) groups excluding carboxylic acids is 2. The van der Waals surface area contributed by atoms with Crippen molar-refractivity contribution in [3.63, 3.8) is 0 Å². The smallest absolute Gasteiger partial charge is 0.296 e. The standard InChI is InChI=1S/C36H37NO7/c1-4-5-8-19-43-30-18-15-26(21-31(30)41-3)33-32(35(39)36(40)37(33)22-29-12-9-20-42-29)34(38)25-13-16-28(17-14-25)44-23-27-11-7-6-10-24(27)2/h6-7,9-18,20-21,33,38H,4-5,8,19,22-23H2,1-3H3. The number of likely N-dealkylation sites (tertiary alicyclic amines) is 1. The highest BCUT2D eigenvalue weighted by molar-refractivity contribution is 6.46. The van der Waals surface area contributed by atoms with Crippen molar-refractivity contribution in [2.24, 2.45) is 0 Å². The molecule has 1 atom stereocenters. The molecule has 1 saturated heterocycles. The number of nitrogens with zero attached hydrogens (tertiary/aromatic N) is 1. The highest BCUT2D eigenvalue weighted by Crippen LogP contribution is 2.43. The second-order valence-corrected chi connectivity index (χ2v) is 10.7. The van der Waals surface area contributed by atoms with Crippen LogP contribution < -0.4 is 14.2 Å². The number of ether oxygens (including phenoxy) is 3. The van der Waals surface area contributed by atoms with Crippen LogP contribution in [0, 0.1) is 6.92 Å². The summed E-state index contributed by atoms with van der Waals surface area (Å²) in [4.78, 5) is 28.3. The number of hydrogen-bond donors (Lipinski definition) is 1. The number of aryl methyl sites for hydroxylation is 1. The Labute approximate surface area is 257 Å². The van der Waals surface area contributed by atoms with Gasteiger partial charge in [0.1, 0.15) is 23.9 Å². The van der Waals surface area contributed by atoms with Crippen molar-refractivity contribution < 1.29 is 33.3 Å². The topological polar surface area (TPSA) is 98.4 Å². The van der Waals surface area contributed by atoms with Crippen LogP contribution in [0.1, 0.15) is 60.2 Å². The molecule has 0 bridgehead atoms. The van der Waals surface area contributed by atoms with Crippen molar-refractivity contribution in [2.45, 2.75) is 52.3 Å². The number of rotatable bonds is 13. The number of methoxy groups -OCH3 is 1. The number of aliphatic hydroxyl groups excluding tert-OH is 1. The molecule has 0 spiro atoms. The molecule has 0 radical (unpaired) electrons. The summed E-state index contributed by atoms with van der Waals surface area (Å²) in [5.74, 6) is 0.366. The van der Waals surface area contributed by atoms with Crippen molar-refractivity contribution in [1.29, 1.82) is 0 Å². The zero-order chi connectivity index (χ0) is 31.1. The van der Waals surface area contributed by atoms with Crippen molar-refractivity contribution >= 4 is 17.4 Å². The maximum absolute atomic E-state index is 13.5. The monoisotopic (exact) mass is 595 g/mol. The number of carbonyl (C=O) groups is 2. The Morgan fingerprint density at radius 3 is 2.43 bits per heavy atom. The lowest BCUT2D eigenvalue weighted by atomic mass is 9.95. The molecule has 8 nitrogen and oxygen atoms in total. The molecule has 0 saturated carbocycles. The fourth-order valence-corrected chi connectivity index (χ4v) is 5.27. The van der Waals surface area contributed by atoms with Crippen LogP contribution in [0.3, 0.4) is 0 Å². The molecule has 44 heavy (non-hydrogen) atoms. The minimum absolute atomic E-state index is 0.0196. The summed E-state index contributed by atoms with van der Waals surface area (Å²) in [6, 6.07) is 22.7. The third kappa shape index (κ3) is 6.64. The van der Waals surface area contributed by atoms with E-state index < -0.39 is 17.7 Å². The predicted molar refractivity (Wildman–Crippen MR) is 167 cm³/mol. The summed E-state index contributed by atoms with van der Waals surface area (Å²) in [7, 11) is 1.54. The third-order valence-electron chi connectivity index (χ3n) is 7.74.